The minimum atomic E-state index is -0.522. The molecule has 0 spiro atoms. The molecule has 6 nitrogen and oxygen atoms in total. The van der Waals surface area contributed by atoms with Gasteiger partial charge in [0.15, 0.2) is 0 Å². The first kappa shape index (κ1) is 18.8. The number of carbonyl (C=O) groups is 1. The second-order valence-corrected chi connectivity index (χ2v) is 6.31. The molecule has 0 fully saturated rings. The minimum Gasteiger partial charge on any atom is -1.00 e. The third-order valence-electron chi connectivity index (χ3n) is 4.64. The molecule has 1 atom stereocenters. The van der Waals surface area contributed by atoms with Gasteiger partial charge in [-0.15, -0.1) is 0 Å². The van der Waals surface area contributed by atoms with E-state index >= 15 is 0 Å². The minimum absolute atomic E-state index is 0. The summed E-state index contributed by atoms with van der Waals surface area (Å²) in [5.41, 5.74) is 9.17. The van der Waals surface area contributed by atoms with Gasteiger partial charge in [0.2, 0.25) is 11.6 Å². The van der Waals surface area contributed by atoms with Crippen molar-refractivity contribution < 1.29 is 26.9 Å². The van der Waals surface area contributed by atoms with E-state index in [0.717, 1.165) is 12.2 Å². The molecule has 5 N–H and O–H groups in total. The summed E-state index contributed by atoms with van der Waals surface area (Å²) in [5, 5.41) is 8.73. The quantitative estimate of drug-likeness (QED) is 0.611. The topological polar surface area (TPSA) is 90.5 Å². The number of nitrogen functional groups attached to an aromatic ring is 1. The molecule has 0 radical (unpaired) electrons. The van der Waals surface area contributed by atoms with Crippen molar-refractivity contribution >= 4 is 34.2 Å². The summed E-state index contributed by atoms with van der Waals surface area (Å²) < 4.78 is 4.87. The number of pyridine rings is 1. The predicted octanol–water partition coefficient (Wildman–Crippen LogP) is 0.518. The van der Waals surface area contributed by atoms with Crippen LogP contribution in [0.3, 0.4) is 0 Å². The van der Waals surface area contributed by atoms with Crippen molar-refractivity contribution in [3.05, 3.63) is 59.7 Å². The van der Waals surface area contributed by atoms with Crippen LogP contribution < -0.4 is 33.8 Å². The zero-order chi connectivity index (χ0) is 18.1. The molecule has 0 saturated heterocycles. The number of H-pyrrole nitrogens is 1. The molecule has 27 heavy (non-hydrogen) atoms. The lowest BCUT2D eigenvalue weighted by Crippen LogP contribution is -3.00. The average molecular weight is 385 g/mol. The first-order valence-corrected chi connectivity index (χ1v) is 8.68. The number of carbonyl (C=O) groups excluding carboxylic acids is 1. The maximum absolute atomic E-state index is 11.5. The fourth-order valence-corrected chi connectivity index (χ4v) is 3.54. The largest absolute Gasteiger partial charge is 1.00 e. The third kappa shape index (κ3) is 3.61. The molecule has 1 heterocycles. The van der Waals surface area contributed by atoms with Gasteiger partial charge in [0.25, 0.3) is 0 Å². The number of nitrogens with one attached hydrogen (secondary N) is 3. The van der Waals surface area contributed by atoms with Gasteiger partial charge in [-0.2, -0.15) is 0 Å². The van der Waals surface area contributed by atoms with Gasteiger partial charge in [-0.25, -0.2) is 9.78 Å². The van der Waals surface area contributed by atoms with Crippen molar-refractivity contribution in [1.29, 1.82) is 0 Å². The molecule has 1 aliphatic carbocycles. The van der Waals surface area contributed by atoms with Crippen molar-refractivity contribution in [3.8, 4) is 0 Å². The molecule has 1 aliphatic rings. The highest BCUT2D eigenvalue weighted by atomic mass is 35.5. The van der Waals surface area contributed by atoms with Crippen molar-refractivity contribution in [2.45, 2.75) is 19.4 Å². The summed E-state index contributed by atoms with van der Waals surface area (Å²) in [6.45, 7) is 2.06. The lowest BCUT2D eigenvalue weighted by molar-refractivity contribution is -0.342. The number of rotatable bonds is 4. The summed E-state index contributed by atoms with van der Waals surface area (Å²) in [6, 6.07) is 16.6. The second kappa shape index (κ2) is 7.72. The Kier molecular flexibility index (Phi) is 5.37. The Morgan fingerprint density at radius 1 is 1.22 bits per heavy atom. The first-order valence-electron chi connectivity index (χ1n) is 8.68. The van der Waals surface area contributed by atoms with E-state index in [1.54, 1.807) is 13.0 Å². The molecule has 1 aromatic heterocycles. The second-order valence-electron chi connectivity index (χ2n) is 6.31. The number of ether oxygens (including phenoxy) is 1. The van der Waals surface area contributed by atoms with Gasteiger partial charge in [-0.05, 0) is 34.9 Å². The van der Waals surface area contributed by atoms with Crippen LogP contribution in [0.2, 0.25) is 0 Å². The van der Waals surface area contributed by atoms with Gasteiger partial charge in [0.1, 0.15) is 11.7 Å². The van der Waals surface area contributed by atoms with Crippen LogP contribution in [0.25, 0.3) is 10.8 Å². The van der Waals surface area contributed by atoms with Crippen LogP contribution in [0, 0.1) is 0 Å². The zero-order valence-electron chi connectivity index (χ0n) is 14.9. The van der Waals surface area contributed by atoms with E-state index in [1.807, 2.05) is 6.07 Å². The van der Waals surface area contributed by atoms with E-state index in [0.29, 0.717) is 18.1 Å². The maximum Gasteiger partial charge on any atom is 0.411 e. The molecule has 7 heteroatoms. The number of halogens is 1. The molecular formula is C20H21ClN4O2. The normalized spacial score (nSPS) is 14.5. The number of amides is 1. The molecule has 140 valence electrons. The Bertz CT molecular complexity index is 988. The monoisotopic (exact) mass is 384 g/mol. The van der Waals surface area contributed by atoms with Crippen molar-refractivity contribution in [2.75, 3.05) is 23.0 Å². The lowest BCUT2D eigenvalue weighted by atomic mass is 10.0. The van der Waals surface area contributed by atoms with Crippen LogP contribution in [-0.4, -0.2) is 12.7 Å². The van der Waals surface area contributed by atoms with E-state index in [4.69, 9.17) is 10.5 Å². The van der Waals surface area contributed by atoms with Crippen LogP contribution in [0.1, 0.15) is 24.1 Å². The van der Waals surface area contributed by atoms with E-state index in [1.165, 1.54) is 21.9 Å². The molecule has 4 rings (SSSR count). The number of benzene rings is 2. The van der Waals surface area contributed by atoms with E-state index < -0.39 is 6.09 Å². The molecule has 1 amide bonds. The Morgan fingerprint density at radius 3 is 2.74 bits per heavy atom. The predicted molar refractivity (Wildman–Crippen MR) is 102 cm³/mol. The molecule has 2 aromatic carbocycles. The SMILES string of the molecule is CCOC(=O)Nc1ccc(NC2Cc3cccc4cccc2c34)[nH+]c1N.[Cl-]. The fraction of sp³-hybridized carbons (Fsp3) is 0.200. The fourth-order valence-electron chi connectivity index (χ4n) is 3.54. The van der Waals surface area contributed by atoms with Crippen molar-refractivity contribution in [2.24, 2.45) is 0 Å². The number of anilines is 3. The third-order valence-corrected chi connectivity index (χ3v) is 4.64. The first-order chi connectivity index (χ1) is 12.7. The highest BCUT2D eigenvalue weighted by molar-refractivity contribution is 5.92. The highest BCUT2D eigenvalue weighted by Crippen LogP contribution is 2.38. The van der Waals surface area contributed by atoms with Gasteiger partial charge in [0.05, 0.1) is 6.61 Å². The zero-order valence-corrected chi connectivity index (χ0v) is 15.6. The number of nitrogens with two attached hydrogens (primary N) is 1. The van der Waals surface area contributed by atoms with Gasteiger partial charge < -0.3 is 22.9 Å². The average Bonchev–Trinajstić information content (AvgIpc) is 2.98. The van der Waals surface area contributed by atoms with Crippen LogP contribution in [0.15, 0.2) is 48.5 Å². The summed E-state index contributed by atoms with van der Waals surface area (Å²) in [6.07, 6.45) is 0.402. The van der Waals surface area contributed by atoms with Gasteiger partial charge in [-0.1, -0.05) is 36.4 Å². The summed E-state index contributed by atoms with van der Waals surface area (Å²) in [5.74, 6) is 1.17. The Hall–Kier alpha value is -2.99. The number of hydrogen-bond donors (Lipinski definition) is 3. The summed E-state index contributed by atoms with van der Waals surface area (Å²) >= 11 is 0. The summed E-state index contributed by atoms with van der Waals surface area (Å²) in [4.78, 5) is 14.6. The summed E-state index contributed by atoms with van der Waals surface area (Å²) in [7, 11) is 0. The smallest absolute Gasteiger partial charge is 0.411 e. The van der Waals surface area contributed by atoms with Crippen LogP contribution in [-0.2, 0) is 11.2 Å². The van der Waals surface area contributed by atoms with Crippen LogP contribution in [0.5, 0.6) is 0 Å². The molecular weight excluding hydrogens is 364 g/mol. The van der Waals surface area contributed by atoms with E-state index in [2.05, 4.69) is 52.0 Å². The number of hydrogen-bond acceptors (Lipinski definition) is 4. The molecule has 3 aromatic rings. The molecule has 1 unspecified atom stereocenters. The van der Waals surface area contributed by atoms with Gasteiger partial charge in [-0.3, -0.25) is 10.6 Å². The van der Waals surface area contributed by atoms with Crippen molar-refractivity contribution in [1.82, 2.24) is 0 Å². The molecule has 0 saturated carbocycles. The molecule has 0 aliphatic heterocycles. The van der Waals surface area contributed by atoms with Crippen molar-refractivity contribution in [3.63, 3.8) is 0 Å². The number of aromatic amines is 1. The van der Waals surface area contributed by atoms with Crippen LogP contribution in [0.4, 0.5) is 22.1 Å². The number of aromatic nitrogens is 1. The Morgan fingerprint density at radius 2 is 2.00 bits per heavy atom. The Balaban J connectivity index is 0.00000210. The Labute approximate surface area is 163 Å². The lowest BCUT2D eigenvalue weighted by Gasteiger charge is -2.12. The highest BCUT2D eigenvalue weighted by Gasteiger charge is 2.26. The van der Waals surface area contributed by atoms with E-state index in [9.17, 15) is 4.79 Å². The standard InChI is InChI=1S/C20H20N4O2.ClH/c1-2-26-20(25)23-15-9-10-17(24-19(15)21)22-16-11-13-7-3-5-12-6-4-8-14(16)18(12)13;/h3-10,16H,2,11H2,1H3,(H,23,25)(H3,21,22,24);1H. The molecule has 0 bridgehead atoms. The maximum atomic E-state index is 11.5. The van der Waals surface area contributed by atoms with E-state index in [-0.39, 0.29) is 18.4 Å². The van der Waals surface area contributed by atoms with Gasteiger partial charge >= 0.3 is 6.09 Å². The van der Waals surface area contributed by atoms with Crippen LogP contribution >= 0.6 is 0 Å². The van der Waals surface area contributed by atoms with Gasteiger partial charge in [0, 0.05) is 12.5 Å².